The number of nitrogens with one attached hydrogen (secondary N) is 1. The summed E-state index contributed by atoms with van der Waals surface area (Å²) >= 11 is 0. The van der Waals surface area contributed by atoms with Crippen LogP contribution in [0, 0.1) is 5.41 Å². The Balaban J connectivity index is 2.03. The van der Waals surface area contributed by atoms with Crippen LogP contribution in [0.15, 0.2) is 30.3 Å². The number of rotatable bonds is 3. The van der Waals surface area contributed by atoms with E-state index in [1.54, 1.807) is 0 Å². The first-order valence-corrected chi connectivity index (χ1v) is 6.64. The molecule has 1 aliphatic heterocycles. The van der Waals surface area contributed by atoms with E-state index in [1.807, 2.05) is 36.9 Å². The molecule has 3 heteroatoms. The number of piperazine rings is 1. The van der Waals surface area contributed by atoms with Gasteiger partial charge >= 0.3 is 0 Å². The van der Waals surface area contributed by atoms with Crippen molar-refractivity contribution in [3.63, 3.8) is 0 Å². The van der Waals surface area contributed by atoms with Crippen LogP contribution in [0.1, 0.15) is 19.4 Å². The maximum absolute atomic E-state index is 12.5. The summed E-state index contributed by atoms with van der Waals surface area (Å²) in [6.45, 7) is 7.57. The maximum atomic E-state index is 12.5. The van der Waals surface area contributed by atoms with E-state index in [1.165, 1.54) is 5.56 Å². The Kier molecular flexibility index (Phi) is 4.02. The van der Waals surface area contributed by atoms with Crippen LogP contribution in [0.25, 0.3) is 0 Å². The second-order valence-electron chi connectivity index (χ2n) is 5.59. The highest BCUT2D eigenvalue weighted by Gasteiger charge is 2.32. The van der Waals surface area contributed by atoms with E-state index in [-0.39, 0.29) is 11.3 Å². The number of nitrogens with zero attached hydrogens (tertiary/aromatic N) is 1. The minimum absolute atomic E-state index is 0.271. The summed E-state index contributed by atoms with van der Waals surface area (Å²) < 4.78 is 0. The van der Waals surface area contributed by atoms with Gasteiger partial charge in [-0.25, -0.2) is 0 Å². The first kappa shape index (κ1) is 13.1. The quantitative estimate of drug-likeness (QED) is 0.880. The second-order valence-corrected chi connectivity index (χ2v) is 5.59. The van der Waals surface area contributed by atoms with Crippen LogP contribution in [0.3, 0.4) is 0 Å². The summed E-state index contributed by atoms with van der Waals surface area (Å²) in [6, 6.07) is 10.2. The Bertz CT molecular complexity index is 394. The minimum Gasteiger partial charge on any atom is -0.340 e. The van der Waals surface area contributed by atoms with E-state index in [0.717, 1.165) is 32.6 Å². The van der Waals surface area contributed by atoms with Gasteiger partial charge in [-0.2, -0.15) is 0 Å². The first-order chi connectivity index (χ1) is 8.59. The van der Waals surface area contributed by atoms with Gasteiger partial charge in [0.05, 0.1) is 0 Å². The normalized spacial score (nSPS) is 16.7. The highest BCUT2D eigenvalue weighted by atomic mass is 16.2. The lowest BCUT2D eigenvalue weighted by atomic mass is 9.84. The number of hydrogen-bond acceptors (Lipinski definition) is 2. The van der Waals surface area contributed by atoms with Crippen LogP contribution in [-0.2, 0) is 11.2 Å². The smallest absolute Gasteiger partial charge is 0.228 e. The molecular formula is C15H22N2O. The van der Waals surface area contributed by atoms with Gasteiger partial charge in [0.2, 0.25) is 5.91 Å². The molecule has 0 atom stereocenters. The highest BCUT2D eigenvalue weighted by Crippen LogP contribution is 2.24. The van der Waals surface area contributed by atoms with Gasteiger partial charge in [0, 0.05) is 31.6 Å². The molecule has 1 amide bonds. The minimum atomic E-state index is -0.321. The average Bonchev–Trinajstić information content (AvgIpc) is 2.39. The van der Waals surface area contributed by atoms with Crippen LogP contribution in [0.5, 0.6) is 0 Å². The van der Waals surface area contributed by atoms with Gasteiger partial charge in [0.15, 0.2) is 0 Å². The van der Waals surface area contributed by atoms with E-state index in [4.69, 9.17) is 0 Å². The fourth-order valence-corrected chi connectivity index (χ4v) is 2.48. The third kappa shape index (κ3) is 3.10. The lowest BCUT2D eigenvalue weighted by Gasteiger charge is -2.34. The summed E-state index contributed by atoms with van der Waals surface area (Å²) in [7, 11) is 0. The Morgan fingerprint density at radius 1 is 1.22 bits per heavy atom. The zero-order valence-electron chi connectivity index (χ0n) is 11.3. The zero-order valence-corrected chi connectivity index (χ0v) is 11.3. The van der Waals surface area contributed by atoms with E-state index in [2.05, 4.69) is 17.4 Å². The average molecular weight is 246 g/mol. The molecule has 1 aromatic rings. The van der Waals surface area contributed by atoms with E-state index in [9.17, 15) is 4.79 Å². The van der Waals surface area contributed by atoms with Crippen LogP contribution < -0.4 is 5.32 Å². The number of hydrogen-bond donors (Lipinski definition) is 1. The van der Waals surface area contributed by atoms with Crippen molar-refractivity contribution in [1.29, 1.82) is 0 Å². The highest BCUT2D eigenvalue weighted by molar-refractivity contribution is 5.82. The number of carbonyl (C=O) groups excluding carboxylic acids is 1. The molecular weight excluding hydrogens is 224 g/mol. The molecule has 0 bridgehead atoms. The van der Waals surface area contributed by atoms with Gasteiger partial charge in [0.25, 0.3) is 0 Å². The molecule has 0 unspecified atom stereocenters. The van der Waals surface area contributed by atoms with Gasteiger partial charge in [-0.05, 0) is 12.0 Å². The molecule has 0 aliphatic carbocycles. The molecule has 18 heavy (non-hydrogen) atoms. The molecule has 1 fully saturated rings. The number of amides is 1. The molecule has 0 radical (unpaired) electrons. The molecule has 1 aliphatic rings. The number of benzene rings is 1. The third-order valence-electron chi connectivity index (χ3n) is 3.47. The lowest BCUT2D eigenvalue weighted by Crippen LogP contribution is -2.51. The summed E-state index contributed by atoms with van der Waals surface area (Å²) in [5.74, 6) is 0.271. The van der Waals surface area contributed by atoms with E-state index in [0.29, 0.717) is 0 Å². The molecule has 1 saturated heterocycles. The fraction of sp³-hybridized carbons (Fsp3) is 0.533. The van der Waals surface area contributed by atoms with Gasteiger partial charge in [-0.1, -0.05) is 44.2 Å². The van der Waals surface area contributed by atoms with Crippen molar-refractivity contribution >= 4 is 5.91 Å². The monoisotopic (exact) mass is 246 g/mol. The molecule has 0 aromatic heterocycles. The van der Waals surface area contributed by atoms with Crippen molar-refractivity contribution in [3.05, 3.63) is 35.9 Å². The van der Waals surface area contributed by atoms with Crippen molar-refractivity contribution in [3.8, 4) is 0 Å². The first-order valence-electron chi connectivity index (χ1n) is 6.64. The van der Waals surface area contributed by atoms with Crippen molar-refractivity contribution in [2.24, 2.45) is 5.41 Å². The fourth-order valence-electron chi connectivity index (χ4n) is 2.48. The summed E-state index contributed by atoms with van der Waals surface area (Å²) in [6.07, 6.45) is 0.802. The Morgan fingerprint density at radius 3 is 2.44 bits per heavy atom. The lowest BCUT2D eigenvalue weighted by molar-refractivity contribution is -0.140. The van der Waals surface area contributed by atoms with Gasteiger partial charge in [-0.3, -0.25) is 4.79 Å². The van der Waals surface area contributed by atoms with Gasteiger partial charge in [0.1, 0.15) is 0 Å². The van der Waals surface area contributed by atoms with Crippen molar-refractivity contribution < 1.29 is 4.79 Å². The Hall–Kier alpha value is -1.35. The van der Waals surface area contributed by atoms with Gasteiger partial charge < -0.3 is 10.2 Å². The Labute approximate surface area is 109 Å². The Morgan fingerprint density at radius 2 is 1.83 bits per heavy atom. The van der Waals surface area contributed by atoms with Crippen molar-refractivity contribution in [2.75, 3.05) is 26.2 Å². The molecule has 0 spiro atoms. The standard InChI is InChI=1S/C15H22N2O/c1-15(2,12-13-6-4-3-5-7-13)14(18)17-10-8-16-9-11-17/h3-7,16H,8-12H2,1-2H3. The van der Waals surface area contributed by atoms with Crippen molar-refractivity contribution in [1.82, 2.24) is 10.2 Å². The van der Waals surface area contributed by atoms with Crippen LogP contribution in [0.4, 0.5) is 0 Å². The zero-order chi connectivity index (χ0) is 13.0. The van der Waals surface area contributed by atoms with Crippen LogP contribution in [-0.4, -0.2) is 37.0 Å². The summed E-state index contributed by atoms with van der Waals surface area (Å²) in [5, 5.41) is 3.28. The molecule has 1 heterocycles. The maximum Gasteiger partial charge on any atom is 0.228 e. The van der Waals surface area contributed by atoms with Crippen molar-refractivity contribution in [2.45, 2.75) is 20.3 Å². The summed E-state index contributed by atoms with van der Waals surface area (Å²) in [4.78, 5) is 14.5. The molecule has 2 rings (SSSR count). The summed E-state index contributed by atoms with van der Waals surface area (Å²) in [5.41, 5.74) is 0.907. The van der Waals surface area contributed by atoms with Crippen LogP contribution >= 0.6 is 0 Å². The largest absolute Gasteiger partial charge is 0.340 e. The molecule has 1 N–H and O–H groups in total. The number of carbonyl (C=O) groups is 1. The predicted octanol–water partition coefficient (Wildman–Crippen LogP) is 1.69. The predicted molar refractivity (Wildman–Crippen MR) is 73.4 cm³/mol. The molecule has 98 valence electrons. The topological polar surface area (TPSA) is 32.3 Å². The van der Waals surface area contributed by atoms with Gasteiger partial charge in [-0.15, -0.1) is 0 Å². The molecule has 3 nitrogen and oxygen atoms in total. The van der Waals surface area contributed by atoms with E-state index < -0.39 is 0 Å². The van der Waals surface area contributed by atoms with Crippen LogP contribution in [0.2, 0.25) is 0 Å². The third-order valence-corrected chi connectivity index (χ3v) is 3.47. The van der Waals surface area contributed by atoms with E-state index >= 15 is 0 Å². The second kappa shape index (κ2) is 5.53. The molecule has 1 aromatic carbocycles. The molecule has 0 saturated carbocycles. The SMILES string of the molecule is CC(C)(Cc1ccccc1)C(=O)N1CCNCC1.